The van der Waals surface area contributed by atoms with Crippen molar-refractivity contribution >= 4 is 17.1 Å². The molecule has 88 valence electrons. The van der Waals surface area contributed by atoms with E-state index in [2.05, 4.69) is 16.8 Å². The largest absolute Gasteiger partial charge is 0.302 e. The summed E-state index contributed by atoms with van der Waals surface area (Å²) in [5.41, 5.74) is 3.07. The summed E-state index contributed by atoms with van der Waals surface area (Å²) in [6.07, 6.45) is 1.79. The van der Waals surface area contributed by atoms with Crippen LogP contribution in [0.4, 0.5) is 0 Å². The van der Waals surface area contributed by atoms with E-state index < -0.39 is 0 Å². The standard InChI is InChI=1S/C12H18N2OS/c1-9-7-14(5-3-11(9)15)6-4-12-10(2)13-8-16-12/h8-9H,3-7H2,1-2H3. The first-order valence-corrected chi connectivity index (χ1v) is 6.69. The number of piperidine rings is 1. The highest BCUT2D eigenvalue weighted by atomic mass is 32.1. The van der Waals surface area contributed by atoms with Gasteiger partial charge < -0.3 is 4.90 Å². The highest BCUT2D eigenvalue weighted by Crippen LogP contribution is 2.16. The van der Waals surface area contributed by atoms with Gasteiger partial charge in [-0.05, 0) is 13.3 Å². The maximum absolute atomic E-state index is 11.4. The van der Waals surface area contributed by atoms with Gasteiger partial charge in [0, 0.05) is 36.9 Å². The number of carbonyl (C=O) groups excluding carboxylic acids is 1. The Kier molecular flexibility index (Phi) is 3.71. The summed E-state index contributed by atoms with van der Waals surface area (Å²) >= 11 is 1.73. The summed E-state index contributed by atoms with van der Waals surface area (Å²) in [6, 6.07) is 0. The van der Waals surface area contributed by atoms with E-state index in [1.54, 1.807) is 11.3 Å². The average molecular weight is 238 g/mol. The third-order valence-electron chi connectivity index (χ3n) is 3.26. The summed E-state index contributed by atoms with van der Waals surface area (Å²) in [5.74, 6) is 0.640. The minimum Gasteiger partial charge on any atom is -0.302 e. The van der Waals surface area contributed by atoms with Crippen molar-refractivity contribution in [3.8, 4) is 0 Å². The van der Waals surface area contributed by atoms with E-state index in [1.165, 1.54) is 4.88 Å². The molecule has 1 aliphatic heterocycles. The van der Waals surface area contributed by atoms with E-state index in [0.717, 1.165) is 38.2 Å². The molecule has 16 heavy (non-hydrogen) atoms. The molecule has 4 heteroatoms. The molecule has 0 N–H and O–H groups in total. The molecule has 1 aromatic heterocycles. The van der Waals surface area contributed by atoms with Gasteiger partial charge in [0.1, 0.15) is 5.78 Å². The second-order valence-corrected chi connectivity index (χ2v) is 5.47. The lowest BCUT2D eigenvalue weighted by molar-refractivity contribution is -0.125. The number of ketones is 1. The molecule has 2 heterocycles. The van der Waals surface area contributed by atoms with Crippen LogP contribution in [0.2, 0.25) is 0 Å². The molecule has 1 aromatic rings. The third-order valence-corrected chi connectivity index (χ3v) is 4.25. The first kappa shape index (κ1) is 11.7. The van der Waals surface area contributed by atoms with Crippen LogP contribution in [0, 0.1) is 12.8 Å². The van der Waals surface area contributed by atoms with Gasteiger partial charge in [0.05, 0.1) is 11.2 Å². The van der Waals surface area contributed by atoms with Crippen LogP contribution in [-0.2, 0) is 11.2 Å². The molecule has 1 saturated heterocycles. The molecular weight excluding hydrogens is 220 g/mol. The Morgan fingerprint density at radius 2 is 2.44 bits per heavy atom. The lowest BCUT2D eigenvalue weighted by atomic mass is 9.98. The molecule has 0 bridgehead atoms. The van der Waals surface area contributed by atoms with Gasteiger partial charge in [-0.25, -0.2) is 4.98 Å². The first-order valence-electron chi connectivity index (χ1n) is 5.81. The molecule has 1 unspecified atom stereocenters. The van der Waals surface area contributed by atoms with E-state index >= 15 is 0 Å². The predicted molar refractivity (Wildman–Crippen MR) is 65.8 cm³/mol. The normalized spacial score (nSPS) is 22.6. The number of hydrogen-bond acceptors (Lipinski definition) is 4. The van der Waals surface area contributed by atoms with E-state index in [4.69, 9.17) is 0 Å². The molecule has 0 amide bonds. The smallest absolute Gasteiger partial charge is 0.138 e. The fraction of sp³-hybridized carbons (Fsp3) is 0.667. The topological polar surface area (TPSA) is 33.2 Å². The van der Waals surface area contributed by atoms with Crippen LogP contribution < -0.4 is 0 Å². The molecule has 1 aliphatic rings. The number of aryl methyl sites for hydroxylation is 1. The van der Waals surface area contributed by atoms with E-state index in [9.17, 15) is 4.79 Å². The molecule has 2 rings (SSSR count). The number of rotatable bonds is 3. The van der Waals surface area contributed by atoms with Gasteiger partial charge in [-0.1, -0.05) is 6.92 Å². The van der Waals surface area contributed by atoms with Gasteiger partial charge in [-0.15, -0.1) is 11.3 Å². The Balaban J connectivity index is 1.83. The fourth-order valence-electron chi connectivity index (χ4n) is 2.12. The number of hydrogen-bond donors (Lipinski definition) is 0. The summed E-state index contributed by atoms with van der Waals surface area (Å²) in [5, 5.41) is 0. The van der Waals surface area contributed by atoms with Gasteiger partial charge in [0.25, 0.3) is 0 Å². The Labute approximate surface area is 100 Å². The number of thiazole rings is 1. The van der Waals surface area contributed by atoms with Crippen molar-refractivity contribution in [2.24, 2.45) is 5.92 Å². The summed E-state index contributed by atoms with van der Waals surface area (Å²) in [6.45, 7) is 7.01. The Morgan fingerprint density at radius 1 is 1.62 bits per heavy atom. The second kappa shape index (κ2) is 5.06. The van der Waals surface area contributed by atoms with Crippen LogP contribution >= 0.6 is 11.3 Å². The number of carbonyl (C=O) groups is 1. The molecule has 3 nitrogen and oxygen atoms in total. The van der Waals surface area contributed by atoms with Crippen LogP contribution in [-0.4, -0.2) is 35.3 Å². The summed E-state index contributed by atoms with van der Waals surface area (Å²) in [7, 11) is 0. The fourth-order valence-corrected chi connectivity index (χ4v) is 2.89. The highest BCUT2D eigenvalue weighted by molar-refractivity contribution is 7.09. The average Bonchev–Trinajstić information content (AvgIpc) is 2.66. The maximum Gasteiger partial charge on any atom is 0.138 e. The number of likely N-dealkylation sites (tertiary alicyclic amines) is 1. The van der Waals surface area contributed by atoms with Gasteiger partial charge in [-0.2, -0.15) is 0 Å². The molecule has 0 radical (unpaired) electrons. The van der Waals surface area contributed by atoms with Crippen molar-refractivity contribution in [2.45, 2.75) is 26.7 Å². The van der Waals surface area contributed by atoms with E-state index in [0.29, 0.717) is 5.78 Å². The van der Waals surface area contributed by atoms with E-state index in [-0.39, 0.29) is 5.92 Å². The van der Waals surface area contributed by atoms with Gasteiger partial charge in [0.2, 0.25) is 0 Å². The van der Waals surface area contributed by atoms with Crippen LogP contribution in [0.25, 0.3) is 0 Å². The first-order chi connectivity index (χ1) is 7.66. The third kappa shape index (κ3) is 2.68. The van der Waals surface area contributed by atoms with E-state index in [1.807, 2.05) is 12.4 Å². The van der Waals surface area contributed by atoms with Crippen molar-refractivity contribution < 1.29 is 4.79 Å². The Hall–Kier alpha value is -0.740. The summed E-state index contributed by atoms with van der Waals surface area (Å²) < 4.78 is 0. The zero-order valence-corrected chi connectivity index (χ0v) is 10.7. The molecule has 1 atom stereocenters. The van der Waals surface area contributed by atoms with Crippen molar-refractivity contribution in [3.05, 3.63) is 16.1 Å². The minimum absolute atomic E-state index is 0.219. The van der Waals surface area contributed by atoms with Crippen molar-refractivity contribution in [1.29, 1.82) is 0 Å². The zero-order valence-electron chi connectivity index (χ0n) is 9.90. The van der Waals surface area contributed by atoms with Crippen molar-refractivity contribution in [2.75, 3.05) is 19.6 Å². The lowest BCUT2D eigenvalue weighted by Crippen LogP contribution is -2.40. The molecule has 0 spiro atoms. The Morgan fingerprint density at radius 3 is 3.06 bits per heavy atom. The monoisotopic (exact) mass is 238 g/mol. The minimum atomic E-state index is 0.219. The number of aromatic nitrogens is 1. The predicted octanol–water partition coefficient (Wildman–Crippen LogP) is 1.90. The molecule has 0 aromatic carbocycles. The van der Waals surface area contributed by atoms with Gasteiger partial charge in [-0.3, -0.25) is 4.79 Å². The lowest BCUT2D eigenvalue weighted by Gasteiger charge is -2.29. The SMILES string of the molecule is Cc1ncsc1CCN1CCC(=O)C(C)C1. The number of Topliss-reactive ketones (excluding diaryl/α,β-unsaturated/α-hetero) is 1. The van der Waals surface area contributed by atoms with Crippen LogP contribution in [0.3, 0.4) is 0 Å². The van der Waals surface area contributed by atoms with Crippen LogP contribution in [0.5, 0.6) is 0 Å². The maximum atomic E-state index is 11.4. The summed E-state index contributed by atoms with van der Waals surface area (Å²) in [4.78, 5) is 19.4. The number of nitrogens with zero attached hydrogens (tertiary/aromatic N) is 2. The van der Waals surface area contributed by atoms with Crippen molar-refractivity contribution in [3.63, 3.8) is 0 Å². The quantitative estimate of drug-likeness (QED) is 0.806. The second-order valence-electron chi connectivity index (χ2n) is 4.53. The Bertz CT molecular complexity index is 375. The van der Waals surface area contributed by atoms with Crippen LogP contribution in [0.1, 0.15) is 23.9 Å². The molecule has 0 aliphatic carbocycles. The molecule has 0 saturated carbocycles. The highest BCUT2D eigenvalue weighted by Gasteiger charge is 2.23. The molecular formula is C12H18N2OS. The van der Waals surface area contributed by atoms with Crippen molar-refractivity contribution in [1.82, 2.24) is 9.88 Å². The zero-order chi connectivity index (χ0) is 11.5. The molecule has 1 fully saturated rings. The van der Waals surface area contributed by atoms with Gasteiger partial charge in [0.15, 0.2) is 0 Å². The van der Waals surface area contributed by atoms with Crippen LogP contribution in [0.15, 0.2) is 5.51 Å². The van der Waals surface area contributed by atoms with Gasteiger partial charge >= 0.3 is 0 Å².